The smallest absolute Gasteiger partial charge is 0.194 e. The maximum atomic E-state index is 8.76. The highest BCUT2D eigenvalue weighted by Gasteiger charge is 1.94. The Morgan fingerprint density at radius 1 is 1.60 bits per heavy atom. The van der Waals surface area contributed by atoms with E-state index in [4.69, 9.17) is 9.84 Å². The molecule has 2 heteroatoms. The molecule has 0 aliphatic carbocycles. The van der Waals surface area contributed by atoms with Crippen molar-refractivity contribution in [1.82, 2.24) is 0 Å². The molecule has 0 saturated carbocycles. The van der Waals surface area contributed by atoms with Crippen molar-refractivity contribution in [2.45, 2.75) is 13.2 Å². The molecule has 0 heterocycles. The van der Waals surface area contributed by atoms with E-state index in [9.17, 15) is 0 Å². The maximum Gasteiger partial charge on any atom is 0.194 e. The zero-order valence-electron chi connectivity index (χ0n) is 5.74. The van der Waals surface area contributed by atoms with Crippen molar-refractivity contribution < 1.29 is 9.84 Å². The van der Waals surface area contributed by atoms with Gasteiger partial charge in [-0.15, -0.1) is 0 Å². The van der Waals surface area contributed by atoms with Crippen LogP contribution in [0.4, 0.5) is 0 Å². The van der Waals surface area contributed by atoms with Crippen molar-refractivity contribution in [2.24, 2.45) is 0 Å². The molecule has 0 fully saturated rings. The minimum absolute atomic E-state index is 0.567. The van der Waals surface area contributed by atoms with Crippen LogP contribution in [0.15, 0.2) is 24.3 Å². The van der Waals surface area contributed by atoms with Gasteiger partial charge in [0.2, 0.25) is 0 Å². The summed E-state index contributed by atoms with van der Waals surface area (Å²) < 4.78 is 4.91. The molecule has 0 aromatic heterocycles. The lowest BCUT2D eigenvalue weighted by atomic mass is 10.3. The molecule has 1 atom stereocenters. The molecule has 1 aromatic carbocycles. The topological polar surface area (TPSA) is 29.5 Å². The van der Waals surface area contributed by atoms with Crippen LogP contribution in [-0.2, 0) is 0 Å². The van der Waals surface area contributed by atoms with E-state index in [-0.39, 0.29) is 0 Å². The summed E-state index contributed by atoms with van der Waals surface area (Å²) in [4.78, 5) is 0. The fourth-order valence-electron chi connectivity index (χ4n) is 0.634. The Hall–Kier alpha value is -1.02. The molecule has 53 valence electrons. The van der Waals surface area contributed by atoms with E-state index in [1.165, 1.54) is 0 Å². The summed E-state index contributed by atoms with van der Waals surface area (Å²) in [5.41, 5.74) is 0. The molecule has 1 aromatic rings. The first-order valence-corrected chi connectivity index (χ1v) is 3.10. The Balaban J connectivity index is 2.59. The third kappa shape index (κ3) is 2.07. The average Bonchev–Trinajstić information content (AvgIpc) is 1.88. The SMILES string of the molecule is CC(O)Oc1[c]cccc1. The predicted octanol–water partition coefficient (Wildman–Crippen LogP) is 1.20. The van der Waals surface area contributed by atoms with Gasteiger partial charge in [-0.05, 0) is 13.0 Å². The molecule has 10 heavy (non-hydrogen) atoms. The van der Waals surface area contributed by atoms with Gasteiger partial charge in [-0.1, -0.05) is 18.2 Å². The van der Waals surface area contributed by atoms with Gasteiger partial charge in [0.1, 0.15) is 5.75 Å². The molecule has 0 aliphatic rings. The Labute approximate surface area is 60.1 Å². The highest BCUT2D eigenvalue weighted by atomic mass is 16.6. The van der Waals surface area contributed by atoms with Gasteiger partial charge in [0.15, 0.2) is 6.29 Å². The van der Waals surface area contributed by atoms with E-state index in [0.717, 1.165) is 0 Å². The number of aliphatic hydroxyl groups excluding tert-OH is 1. The third-order valence-electron chi connectivity index (χ3n) is 0.978. The van der Waals surface area contributed by atoms with Crippen molar-refractivity contribution in [3.63, 3.8) is 0 Å². The zero-order chi connectivity index (χ0) is 7.40. The lowest BCUT2D eigenvalue weighted by Crippen LogP contribution is -2.09. The van der Waals surface area contributed by atoms with Gasteiger partial charge in [-0.3, -0.25) is 0 Å². The molecule has 0 saturated heterocycles. The zero-order valence-corrected chi connectivity index (χ0v) is 5.74. The lowest BCUT2D eigenvalue weighted by molar-refractivity contribution is -0.000486. The lowest BCUT2D eigenvalue weighted by Gasteiger charge is -2.06. The maximum absolute atomic E-state index is 8.76. The van der Waals surface area contributed by atoms with Crippen LogP contribution in [0.1, 0.15) is 6.92 Å². The van der Waals surface area contributed by atoms with Crippen LogP contribution in [0.25, 0.3) is 0 Å². The van der Waals surface area contributed by atoms with Gasteiger partial charge in [0.05, 0.1) is 0 Å². The Bertz CT molecular complexity index is 182. The number of benzene rings is 1. The molecule has 0 bridgehead atoms. The van der Waals surface area contributed by atoms with E-state index in [1.54, 1.807) is 19.1 Å². The van der Waals surface area contributed by atoms with Crippen LogP contribution in [0.3, 0.4) is 0 Å². The quantitative estimate of drug-likeness (QED) is 0.621. The van der Waals surface area contributed by atoms with Gasteiger partial charge in [-0.2, -0.15) is 0 Å². The molecule has 1 rings (SSSR count). The minimum Gasteiger partial charge on any atom is -0.465 e. The number of ether oxygens (including phenoxy) is 1. The van der Waals surface area contributed by atoms with Gasteiger partial charge in [0.25, 0.3) is 0 Å². The molecule has 0 aliphatic heterocycles. The second-order valence-corrected chi connectivity index (χ2v) is 1.94. The molecule has 0 amide bonds. The highest BCUT2D eigenvalue weighted by molar-refractivity contribution is 5.19. The van der Waals surface area contributed by atoms with Crippen LogP contribution < -0.4 is 4.74 Å². The Morgan fingerprint density at radius 2 is 2.40 bits per heavy atom. The van der Waals surface area contributed by atoms with Crippen molar-refractivity contribution in [2.75, 3.05) is 0 Å². The molecule has 1 radical (unpaired) electrons. The van der Waals surface area contributed by atoms with Gasteiger partial charge in [-0.25, -0.2) is 0 Å². The molecule has 0 spiro atoms. The summed E-state index contributed by atoms with van der Waals surface area (Å²) in [5.74, 6) is 0.567. The first-order valence-electron chi connectivity index (χ1n) is 3.10. The van der Waals surface area contributed by atoms with Gasteiger partial charge in [0, 0.05) is 6.07 Å². The van der Waals surface area contributed by atoms with E-state index >= 15 is 0 Å². The van der Waals surface area contributed by atoms with Crippen molar-refractivity contribution in [3.05, 3.63) is 30.3 Å². The largest absolute Gasteiger partial charge is 0.465 e. The first-order chi connectivity index (χ1) is 4.79. The fourth-order valence-corrected chi connectivity index (χ4v) is 0.634. The van der Waals surface area contributed by atoms with Crippen LogP contribution in [0.5, 0.6) is 5.75 Å². The van der Waals surface area contributed by atoms with Gasteiger partial charge < -0.3 is 9.84 Å². The number of rotatable bonds is 2. The summed E-state index contributed by atoms with van der Waals surface area (Å²) >= 11 is 0. The Morgan fingerprint density at radius 3 is 2.90 bits per heavy atom. The van der Waals surface area contributed by atoms with E-state index in [2.05, 4.69) is 6.07 Å². The molecular formula is C8H9O2. The second-order valence-electron chi connectivity index (χ2n) is 1.94. The summed E-state index contributed by atoms with van der Waals surface area (Å²) in [6.45, 7) is 1.56. The second kappa shape index (κ2) is 3.22. The van der Waals surface area contributed by atoms with E-state index in [0.29, 0.717) is 5.75 Å². The monoisotopic (exact) mass is 137 g/mol. The molecule has 2 nitrogen and oxygen atoms in total. The minimum atomic E-state index is -0.765. The third-order valence-corrected chi connectivity index (χ3v) is 0.978. The number of hydrogen-bond donors (Lipinski definition) is 1. The van der Waals surface area contributed by atoms with Crippen molar-refractivity contribution >= 4 is 0 Å². The standard InChI is InChI=1S/C8H9O2/c1-7(9)10-8-5-3-2-4-6-8/h2-5,7,9H,1H3. The average molecular weight is 137 g/mol. The summed E-state index contributed by atoms with van der Waals surface area (Å²) in [5, 5.41) is 8.76. The highest BCUT2D eigenvalue weighted by Crippen LogP contribution is 2.08. The molecular weight excluding hydrogens is 128 g/mol. The van der Waals surface area contributed by atoms with Crippen LogP contribution in [0.2, 0.25) is 0 Å². The summed E-state index contributed by atoms with van der Waals surface area (Å²) in [6.07, 6.45) is -0.765. The van der Waals surface area contributed by atoms with E-state index in [1.807, 2.05) is 12.1 Å². The Kier molecular flexibility index (Phi) is 2.29. The van der Waals surface area contributed by atoms with Gasteiger partial charge >= 0.3 is 0 Å². The summed E-state index contributed by atoms with van der Waals surface area (Å²) in [7, 11) is 0. The predicted molar refractivity (Wildman–Crippen MR) is 37.6 cm³/mol. The first kappa shape index (κ1) is 7.09. The van der Waals surface area contributed by atoms with Crippen LogP contribution in [-0.4, -0.2) is 11.4 Å². The van der Waals surface area contributed by atoms with Crippen LogP contribution in [0, 0.1) is 6.07 Å². The number of aliphatic hydroxyl groups is 1. The summed E-state index contributed by atoms with van der Waals surface area (Å²) in [6, 6.07) is 9.96. The fraction of sp³-hybridized carbons (Fsp3) is 0.250. The molecule has 1 N–H and O–H groups in total. The van der Waals surface area contributed by atoms with Crippen molar-refractivity contribution in [3.8, 4) is 5.75 Å². The van der Waals surface area contributed by atoms with Crippen LogP contribution >= 0.6 is 0 Å². The van der Waals surface area contributed by atoms with Crippen molar-refractivity contribution in [1.29, 1.82) is 0 Å². The van der Waals surface area contributed by atoms with E-state index < -0.39 is 6.29 Å². The normalized spacial score (nSPS) is 12.6. The molecule has 1 unspecified atom stereocenters. The number of para-hydroxylation sites is 1. The number of hydrogen-bond acceptors (Lipinski definition) is 2.